The molecule has 2 aliphatic rings. The SMILES string of the molecule is NC(=O)[C@@H]1CC[C@H](c2ccc(OCC3=C(F)CCC=C3)cc2)N1. The highest BCUT2D eigenvalue weighted by molar-refractivity contribution is 5.80. The molecular formula is C18H21FN2O2. The Labute approximate surface area is 135 Å². The number of nitrogens with two attached hydrogens (primary N) is 1. The molecule has 1 aliphatic heterocycles. The van der Waals surface area contributed by atoms with E-state index in [0.29, 0.717) is 17.7 Å². The van der Waals surface area contributed by atoms with Crippen LogP contribution in [0, 0.1) is 0 Å². The second-order valence-electron chi connectivity index (χ2n) is 5.98. The van der Waals surface area contributed by atoms with Crippen molar-refractivity contribution < 1.29 is 13.9 Å². The van der Waals surface area contributed by atoms with E-state index in [0.717, 1.165) is 24.8 Å². The molecule has 4 nitrogen and oxygen atoms in total. The van der Waals surface area contributed by atoms with Crippen LogP contribution in [0.25, 0.3) is 0 Å². The summed E-state index contributed by atoms with van der Waals surface area (Å²) in [6, 6.07) is 7.58. The third-order valence-corrected chi connectivity index (χ3v) is 4.36. The van der Waals surface area contributed by atoms with Crippen molar-refractivity contribution in [3.63, 3.8) is 0 Å². The zero-order valence-corrected chi connectivity index (χ0v) is 12.9. The normalized spacial score (nSPS) is 24.0. The van der Waals surface area contributed by atoms with Gasteiger partial charge in [-0.2, -0.15) is 0 Å². The first-order valence-electron chi connectivity index (χ1n) is 7.95. The Balaban J connectivity index is 1.57. The number of carbonyl (C=O) groups is 1. The first kappa shape index (κ1) is 15.7. The third-order valence-electron chi connectivity index (χ3n) is 4.36. The van der Waals surface area contributed by atoms with E-state index in [-0.39, 0.29) is 30.4 Å². The molecular weight excluding hydrogens is 295 g/mol. The van der Waals surface area contributed by atoms with Crippen LogP contribution >= 0.6 is 0 Å². The van der Waals surface area contributed by atoms with Crippen LogP contribution in [-0.4, -0.2) is 18.6 Å². The number of rotatable bonds is 5. The van der Waals surface area contributed by atoms with Gasteiger partial charge in [0.25, 0.3) is 0 Å². The molecule has 1 heterocycles. The fourth-order valence-electron chi connectivity index (χ4n) is 3.00. The van der Waals surface area contributed by atoms with E-state index in [1.165, 1.54) is 0 Å². The number of hydrogen-bond acceptors (Lipinski definition) is 3. The van der Waals surface area contributed by atoms with Gasteiger partial charge in [0.15, 0.2) is 0 Å². The van der Waals surface area contributed by atoms with Gasteiger partial charge in [0.2, 0.25) is 5.91 Å². The Kier molecular flexibility index (Phi) is 4.76. The molecule has 0 spiro atoms. The topological polar surface area (TPSA) is 64.4 Å². The van der Waals surface area contributed by atoms with Crippen LogP contribution in [0.2, 0.25) is 0 Å². The Hall–Kier alpha value is -2.14. The quantitative estimate of drug-likeness (QED) is 0.878. The van der Waals surface area contributed by atoms with Gasteiger partial charge in [0.1, 0.15) is 18.2 Å². The van der Waals surface area contributed by atoms with Crippen LogP contribution in [0.5, 0.6) is 5.75 Å². The molecule has 1 saturated heterocycles. The summed E-state index contributed by atoms with van der Waals surface area (Å²) in [5, 5.41) is 3.23. The highest BCUT2D eigenvalue weighted by Crippen LogP contribution is 2.28. The van der Waals surface area contributed by atoms with Crippen molar-refractivity contribution >= 4 is 5.91 Å². The van der Waals surface area contributed by atoms with Gasteiger partial charge < -0.3 is 10.5 Å². The third kappa shape index (κ3) is 3.79. The van der Waals surface area contributed by atoms with Crippen molar-refractivity contribution in [3.8, 4) is 5.75 Å². The zero-order valence-electron chi connectivity index (χ0n) is 12.9. The van der Waals surface area contributed by atoms with Crippen molar-refractivity contribution in [2.75, 3.05) is 6.61 Å². The predicted octanol–water partition coefficient (Wildman–Crippen LogP) is 2.92. The molecule has 122 valence electrons. The van der Waals surface area contributed by atoms with E-state index >= 15 is 0 Å². The van der Waals surface area contributed by atoms with Crippen molar-refractivity contribution in [1.82, 2.24) is 5.32 Å². The summed E-state index contributed by atoms with van der Waals surface area (Å²) < 4.78 is 19.3. The summed E-state index contributed by atoms with van der Waals surface area (Å²) in [6.45, 7) is 0.243. The van der Waals surface area contributed by atoms with E-state index in [4.69, 9.17) is 10.5 Å². The second kappa shape index (κ2) is 6.96. The van der Waals surface area contributed by atoms with Gasteiger partial charge in [-0.1, -0.05) is 24.3 Å². The number of hydrogen-bond donors (Lipinski definition) is 2. The smallest absolute Gasteiger partial charge is 0.234 e. The molecule has 2 atom stereocenters. The molecule has 1 fully saturated rings. The minimum atomic E-state index is -0.303. The minimum absolute atomic E-state index is 0.0863. The Morgan fingerprint density at radius 2 is 2.09 bits per heavy atom. The summed E-state index contributed by atoms with van der Waals surface area (Å²) in [4.78, 5) is 11.2. The van der Waals surface area contributed by atoms with Gasteiger partial charge in [-0.3, -0.25) is 10.1 Å². The van der Waals surface area contributed by atoms with Crippen LogP contribution in [0.4, 0.5) is 4.39 Å². The van der Waals surface area contributed by atoms with E-state index in [9.17, 15) is 9.18 Å². The molecule has 1 amide bonds. The summed E-state index contributed by atoms with van der Waals surface area (Å²) in [6.07, 6.45) is 6.62. The van der Waals surface area contributed by atoms with Gasteiger partial charge in [-0.05, 0) is 37.0 Å². The molecule has 23 heavy (non-hydrogen) atoms. The summed E-state index contributed by atoms with van der Waals surface area (Å²) >= 11 is 0. The lowest BCUT2D eigenvalue weighted by molar-refractivity contribution is -0.119. The average Bonchev–Trinajstić information content (AvgIpc) is 3.05. The molecule has 0 aromatic heterocycles. The number of ether oxygens (including phenoxy) is 1. The van der Waals surface area contributed by atoms with Crippen LogP contribution in [-0.2, 0) is 4.79 Å². The highest BCUT2D eigenvalue weighted by Gasteiger charge is 2.28. The fourth-order valence-corrected chi connectivity index (χ4v) is 3.00. The van der Waals surface area contributed by atoms with E-state index in [1.807, 2.05) is 30.3 Å². The van der Waals surface area contributed by atoms with Crippen molar-refractivity contribution in [2.45, 2.75) is 37.8 Å². The summed E-state index contributed by atoms with van der Waals surface area (Å²) in [7, 11) is 0. The van der Waals surface area contributed by atoms with Crippen LogP contribution in [0.1, 0.15) is 37.3 Å². The second-order valence-corrected chi connectivity index (χ2v) is 5.98. The number of amides is 1. The molecule has 0 bridgehead atoms. The summed E-state index contributed by atoms with van der Waals surface area (Å²) in [5.74, 6) is 0.317. The first-order chi connectivity index (χ1) is 11.1. The van der Waals surface area contributed by atoms with Crippen LogP contribution in [0.15, 0.2) is 47.8 Å². The lowest BCUT2D eigenvalue weighted by Gasteiger charge is -2.14. The molecule has 3 rings (SSSR count). The largest absolute Gasteiger partial charge is 0.489 e. The molecule has 1 aliphatic carbocycles. The molecule has 3 N–H and O–H groups in total. The maximum atomic E-state index is 13.6. The van der Waals surface area contributed by atoms with Gasteiger partial charge in [-0.15, -0.1) is 0 Å². The summed E-state index contributed by atoms with van der Waals surface area (Å²) in [5.41, 5.74) is 7.04. The van der Waals surface area contributed by atoms with E-state index in [2.05, 4.69) is 5.32 Å². The number of benzene rings is 1. The Morgan fingerprint density at radius 3 is 2.74 bits per heavy atom. The van der Waals surface area contributed by atoms with Crippen molar-refractivity contribution in [2.24, 2.45) is 5.73 Å². The monoisotopic (exact) mass is 316 g/mol. The van der Waals surface area contributed by atoms with Gasteiger partial charge in [0, 0.05) is 18.0 Å². The van der Waals surface area contributed by atoms with Crippen molar-refractivity contribution in [1.29, 1.82) is 0 Å². The molecule has 0 unspecified atom stereocenters. The van der Waals surface area contributed by atoms with Gasteiger partial charge in [0.05, 0.1) is 6.04 Å². The van der Waals surface area contributed by atoms with Crippen molar-refractivity contribution in [3.05, 3.63) is 53.4 Å². The number of primary amides is 1. The average molecular weight is 316 g/mol. The Morgan fingerprint density at radius 1 is 1.30 bits per heavy atom. The highest BCUT2D eigenvalue weighted by atomic mass is 19.1. The number of carbonyl (C=O) groups excluding carboxylic acids is 1. The minimum Gasteiger partial charge on any atom is -0.489 e. The van der Waals surface area contributed by atoms with Crippen LogP contribution < -0.4 is 15.8 Å². The lowest BCUT2D eigenvalue weighted by atomic mass is 10.1. The molecule has 0 saturated carbocycles. The van der Waals surface area contributed by atoms with E-state index in [1.54, 1.807) is 6.08 Å². The molecule has 1 aromatic rings. The Bertz CT molecular complexity index is 637. The van der Waals surface area contributed by atoms with Crippen LogP contribution in [0.3, 0.4) is 0 Å². The molecule has 1 aromatic carbocycles. The lowest BCUT2D eigenvalue weighted by Crippen LogP contribution is -2.37. The van der Waals surface area contributed by atoms with Gasteiger partial charge >= 0.3 is 0 Å². The maximum absolute atomic E-state index is 13.6. The number of halogens is 1. The molecule has 5 heteroatoms. The number of allylic oxidation sites excluding steroid dienone is 2. The fraction of sp³-hybridized carbons (Fsp3) is 0.389. The molecule has 0 radical (unpaired) electrons. The predicted molar refractivity (Wildman–Crippen MR) is 86.5 cm³/mol. The first-order valence-corrected chi connectivity index (χ1v) is 7.95. The van der Waals surface area contributed by atoms with E-state index < -0.39 is 0 Å². The number of nitrogens with one attached hydrogen (secondary N) is 1. The zero-order chi connectivity index (χ0) is 16.2. The standard InChI is InChI=1S/C18H21FN2O2/c19-15-4-2-1-3-13(15)11-23-14-7-5-12(6-8-14)16-9-10-17(21-16)18(20)22/h1,3,5-8,16-17,21H,2,4,9-11H2,(H2,20,22)/t16-,17+/m1/s1. The maximum Gasteiger partial charge on any atom is 0.234 e. The van der Waals surface area contributed by atoms with Gasteiger partial charge in [-0.25, -0.2) is 4.39 Å².